The lowest BCUT2D eigenvalue weighted by Crippen LogP contribution is -2.36. The number of hydrogen-bond acceptors (Lipinski definition) is 4. The van der Waals surface area contributed by atoms with Crippen LogP contribution in [0, 0.1) is 11.8 Å². The molecule has 24 heavy (non-hydrogen) atoms. The Morgan fingerprint density at radius 1 is 1.17 bits per heavy atom. The SMILES string of the molecule is O=C(CCN1C(=O)[C@H]2CCCC[C@H]2C1=O)NCCc1ccccn1. The molecule has 0 unspecified atom stereocenters. The Morgan fingerprint density at radius 2 is 1.88 bits per heavy atom. The van der Waals surface area contributed by atoms with E-state index in [1.165, 1.54) is 4.90 Å². The molecule has 128 valence electrons. The van der Waals surface area contributed by atoms with E-state index in [0.717, 1.165) is 31.4 Å². The number of hydrogen-bond donors (Lipinski definition) is 1. The van der Waals surface area contributed by atoms with Gasteiger partial charge in [-0.15, -0.1) is 0 Å². The number of likely N-dealkylation sites (tertiary alicyclic amines) is 1. The number of nitrogens with one attached hydrogen (secondary N) is 1. The van der Waals surface area contributed by atoms with Crippen LogP contribution >= 0.6 is 0 Å². The predicted octanol–water partition coefficient (Wildman–Crippen LogP) is 1.31. The molecule has 1 aromatic rings. The van der Waals surface area contributed by atoms with Crippen LogP contribution in [-0.4, -0.2) is 40.7 Å². The molecule has 0 spiro atoms. The molecule has 2 aliphatic rings. The first-order valence-corrected chi connectivity index (χ1v) is 8.68. The van der Waals surface area contributed by atoms with Crippen molar-refractivity contribution < 1.29 is 14.4 Å². The van der Waals surface area contributed by atoms with E-state index < -0.39 is 0 Å². The van der Waals surface area contributed by atoms with Gasteiger partial charge in [0.15, 0.2) is 0 Å². The molecule has 2 atom stereocenters. The minimum Gasteiger partial charge on any atom is -0.356 e. The van der Waals surface area contributed by atoms with E-state index >= 15 is 0 Å². The Hall–Kier alpha value is -2.24. The van der Waals surface area contributed by atoms with Gasteiger partial charge in [0.25, 0.3) is 0 Å². The van der Waals surface area contributed by atoms with Gasteiger partial charge in [-0.3, -0.25) is 24.3 Å². The molecular weight excluding hydrogens is 306 g/mol. The first-order valence-electron chi connectivity index (χ1n) is 8.68. The lowest BCUT2D eigenvalue weighted by atomic mass is 9.81. The van der Waals surface area contributed by atoms with Gasteiger partial charge >= 0.3 is 0 Å². The van der Waals surface area contributed by atoms with Crippen LogP contribution in [0.1, 0.15) is 37.8 Å². The van der Waals surface area contributed by atoms with Crippen LogP contribution in [0.5, 0.6) is 0 Å². The number of imide groups is 1. The average Bonchev–Trinajstić information content (AvgIpc) is 2.85. The quantitative estimate of drug-likeness (QED) is 0.798. The Bertz CT molecular complexity index is 593. The van der Waals surface area contributed by atoms with Gasteiger partial charge in [0.05, 0.1) is 11.8 Å². The molecule has 1 aliphatic carbocycles. The average molecular weight is 329 g/mol. The molecule has 6 nitrogen and oxygen atoms in total. The molecule has 3 amide bonds. The molecule has 2 heterocycles. The van der Waals surface area contributed by atoms with Crippen molar-refractivity contribution in [2.75, 3.05) is 13.1 Å². The van der Waals surface area contributed by atoms with E-state index in [0.29, 0.717) is 13.0 Å². The topological polar surface area (TPSA) is 79.4 Å². The minimum atomic E-state index is -0.140. The smallest absolute Gasteiger partial charge is 0.233 e. The minimum absolute atomic E-state index is 0.0778. The third-order valence-electron chi connectivity index (χ3n) is 4.92. The third-order valence-corrected chi connectivity index (χ3v) is 4.92. The number of pyridine rings is 1. The molecule has 1 aromatic heterocycles. The van der Waals surface area contributed by atoms with Crippen molar-refractivity contribution in [2.45, 2.75) is 38.5 Å². The highest BCUT2D eigenvalue weighted by atomic mass is 16.2. The Kier molecular flexibility index (Phi) is 5.23. The third kappa shape index (κ3) is 3.63. The maximum atomic E-state index is 12.3. The summed E-state index contributed by atoms with van der Waals surface area (Å²) in [6.45, 7) is 0.697. The molecule has 2 fully saturated rings. The summed E-state index contributed by atoms with van der Waals surface area (Å²) in [6, 6.07) is 5.67. The first-order chi connectivity index (χ1) is 11.7. The monoisotopic (exact) mass is 329 g/mol. The molecule has 3 rings (SSSR count). The van der Waals surface area contributed by atoms with Crippen LogP contribution in [0.2, 0.25) is 0 Å². The zero-order chi connectivity index (χ0) is 16.9. The lowest BCUT2D eigenvalue weighted by molar-refractivity contribution is -0.140. The molecule has 1 aliphatic heterocycles. The van der Waals surface area contributed by atoms with Crippen LogP contribution < -0.4 is 5.32 Å². The van der Waals surface area contributed by atoms with Gasteiger partial charge in [0, 0.05) is 37.8 Å². The summed E-state index contributed by atoms with van der Waals surface area (Å²) < 4.78 is 0. The van der Waals surface area contributed by atoms with E-state index in [-0.39, 0.29) is 42.5 Å². The number of rotatable bonds is 6. The Balaban J connectivity index is 1.42. The van der Waals surface area contributed by atoms with E-state index in [1.54, 1.807) is 6.20 Å². The number of amides is 3. The summed E-state index contributed by atoms with van der Waals surface area (Å²) >= 11 is 0. The Labute approximate surface area is 141 Å². The molecule has 0 bridgehead atoms. The van der Waals surface area contributed by atoms with Gasteiger partial charge in [-0.1, -0.05) is 18.9 Å². The number of aromatic nitrogens is 1. The van der Waals surface area contributed by atoms with E-state index in [1.807, 2.05) is 18.2 Å². The molecule has 6 heteroatoms. The maximum absolute atomic E-state index is 12.3. The second-order valence-electron chi connectivity index (χ2n) is 6.50. The highest BCUT2D eigenvalue weighted by Crippen LogP contribution is 2.37. The lowest BCUT2D eigenvalue weighted by Gasteiger charge is -2.19. The Morgan fingerprint density at radius 3 is 2.50 bits per heavy atom. The first kappa shape index (κ1) is 16.6. The highest BCUT2D eigenvalue weighted by molar-refractivity contribution is 6.05. The second-order valence-corrected chi connectivity index (χ2v) is 6.50. The van der Waals surface area contributed by atoms with Crippen LogP contribution in [0.4, 0.5) is 0 Å². The molecule has 0 aromatic carbocycles. The standard InChI is InChI=1S/C18H23N3O3/c22-16(20-11-8-13-5-3-4-10-19-13)9-12-21-17(23)14-6-1-2-7-15(14)18(21)24/h3-5,10,14-15H,1-2,6-9,11-12H2,(H,20,22)/t14-,15+. The van der Waals surface area contributed by atoms with Gasteiger partial charge in [0.1, 0.15) is 0 Å². The fraction of sp³-hybridized carbons (Fsp3) is 0.556. The van der Waals surface area contributed by atoms with Crippen molar-refractivity contribution in [1.82, 2.24) is 15.2 Å². The number of carbonyl (C=O) groups is 3. The van der Waals surface area contributed by atoms with Crippen molar-refractivity contribution in [3.05, 3.63) is 30.1 Å². The summed E-state index contributed by atoms with van der Waals surface area (Å²) in [5.41, 5.74) is 0.923. The van der Waals surface area contributed by atoms with Crippen LogP contribution in [-0.2, 0) is 20.8 Å². The van der Waals surface area contributed by atoms with Crippen molar-refractivity contribution in [3.63, 3.8) is 0 Å². The summed E-state index contributed by atoms with van der Waals surface area (Å²) in [6.07, 6.45) is 6.20. The summed E-state index contributed by atoms with van der Waals surface area (Å²) in [7, 11) is 0. The number of nitrogens with zero attached hydrogens (tertiary/aromatic N) is 2. The predicted molar refractivity (Wildman–Crippen MR) is 87.7 cm³/mol. The second kappa shape index (κ2) is 7.55. The zero-order valence-corrected chi connectivity index (χ0v) is 13.7. The van der Waals surface area contributed by atoms with Crippen LogP contribution in [0.3, 0.4) is 0 Å². The molecule has 1 saturated carbocycles. The number of fused-ring (bicyclic) bond motifs is 1. The normalized spacial score (nSPS) is 23.2. The van der Waals surface area contributed by atoms with E-state index in [9.17, 15) is 14.4 Å². The van der Waals surface area contributed by atoms with Crippen LogP contribution in [0.15, 0.2) is 24.4 Å². The number of carbonyl (C=O) groups excluding carboxylic acids is 3. The van der Waals surface area contributed by atoms with Gasteiger partial charge < -0.3 is 5.32 Å². The fourth-order valence-corrected chi connectivity index (χ4v) is 3.63. The maximum Gasteiger partial charge on any atom is 0.233 e. The highest BCUT2D eigenvalue weighted by Gasteiger charge is 2.47. The van der Waals surface area contributed by atoms with Gasteiger partial charge in [-0.25, -0.2) is 0 Å². The van der Waals surface area contributed by atoms with Crippen molar-refractivity contribution in [1.29, 1.82) is 0 Å². The molecular formula is C18H23N3O3. The summed E-state index contributed by atoms with van der Waals surface area (Å²) in [4.78, 5) is 42.1. The fourth-order valence-electron chi connectivity index (χ4n) is 3.63. The van der Waals surface area contributed by atoms with Crippen LogP contribution in [0.25, 0.3) is 0 Å². The van der Waals surface area contributed by atoms with E-state index in [2.05, 4.69) is 10.3 Å². The van der Waals surface area contributed by atoms with E-state index in [4.69, 9.17) is 0 Å². The largest absolute Gasteiger partial charge is 0.356 e. The van der Waals surface area contributed by atoms with Crippen molar-refractivity contribution >= 4 is 17.7 Å². The zero-order valence-electron chi connectivity index (χ0n) is 13.7. The molecule has 0 radical (unpaired) electrons. The molecule has 1 N–H and O–H groups in total. The van der Waals surface area contributed by atoms with Crippen molar-refractivity contribution in [3.8, 4) is 0 Å². The van der Waals surface area contributed by atoms with Gasteiger partial charge in [-0.05, 0) is 25.0 Å². The van der Waals surface area contributed by atoms with Gasteiger partial charge in [-0.2, -0.15) is 0 Å². The summed E-state index contributed by atoms with van der Waals surface area (Å²) in [5.74, 6) is -0.574. The van der Waals surface area contributed by atoms with Crippen molar-refractivity contribution in [2.24, 2.45) is 11.8 Å². The van der Waals surface area contributed by atoms with Gasteiger partial charge in [0.2, 0.25) is 17.7 Å². The molecule has 1 saturated heterocycles. The summed E-state index contributed by atoms with van der Waals surface area (Å²) in [5, 5.41) is 2.82.